The number of aromatic nitrogens is 2. The summed E-state index contributed by atoms with van der Waals surface area (Å²) in [4.78, 5) is 11.8. The van der Waals surface area contributed by atoms with Crippen LogP contribution < -0.4 is 15.5 Å². The summed E-state index contributed by atoms with van der Waals surface area (Å²) in [5.74, 6) is 1.71. The first kappa shape index (κ1) is 14.9. The Kier molecular flexibility index (Phi) is 4.25. The second kappa shape index (κ2) is 6.84. The van der Waals surface area contributed by atoms with Crippen LogP contribution in [0, 0.1) is 0 Å². The average molecular weight is 319 g/mol. The minimum Gasteiger partial charge on any atom is -0.365 e. The van der Waals surface area contributed by atoms with Crippen molar-refractivity contribution in [2.45, 2.75) is 6.54 Å². The van der Waals surface area contributed by atoms with Crippen LogP contribution in [-0.4, -0.2) is 36.1 Å². The molecule has 0 atom stereocenters. The lowest BCUT2D eigenvalue weighted by molar-refractivity contribution is 0.580. The minimum atomic E-state index is 0.753. The third kappa shape index (κ3) is 3.16. The van der Waals surface area contributed by atoms with E-state index in [0.717, 1.165) is 55.4 Å². The highest BCUT2D eigenvalue weighted by Gasteiger charge is 2.15. The molecule has 1 saturated heterocycles. The Morgan fingerprint density at radius 2 is 1.67 bits per heavy atom. The smallest absolute Gasteiger partial charge is 0.227 e. The fourth-order valence-corrected chi connectivity index (χ4v) is 2.99. The minimum absolute atomic E-state index is 0.753. The van der Waals surface area contributed by atoms with Crippen LogP contribution in [0.1, 0.15) is 5.56 Å². The highest BCUT2D eigenvalue weighted by Crippen LogP contribution is 2.24. The Morgan fingerprint density at radius 1 is 0.917 bits per heavy atom. The van der Waals surface area contributed by atoms with Crippen molar-refractivity contribution in [3.8, 4) is 0 Å². The maximum atomic E-state index is 4.82. The van der Waals surface area contributed by atoms with Crippen LogP contribution in [0.4, 0.5) is 11.8 Å². The van der Waals surface area contributed by atoms with Crippen LogP contribution in [0.15, 0.2) is 54.6 Å². The molecule has 1 aromatic heterocycles. The number of anilines is 2. The number of para-hydroxylation sites is 1. The second-order valence-electron chi connectivity index (χ2n) is 5.97. The van der Waals surface area contributed by atoms with Gasteiger partial charge in [-0.25, -0.2) is 4.98 Å². The monoisotopic (exact) mass is 319 g/mol. The van der Waals surface area contributed by atoms with Gasteiger partial charge in [0.05, 0.1) is 5.52 Å². The van der Waals surface area contributed by atoms with Crippen molar-refractivity contribution >= 4 is 22.7 Å². The highest BCUT2D eigenvalue weighted by molar-refractivity contribution is 5.90. The van der Waals surface area contributed by atoms with E-state index in [1.165, 1.54) is 5.56 Å². The number of piperazine rings is 1. The molecule has 1 fully saturated rings. The molecule has 1 aliphatic rings. The maximum Gasteiger partial charge on any atom is 0.227 e. The van der Waals surface area contributed by atoms with Gasteiger partial charge in [0, 0.05) is 38.1 Å². The van der Waals surface area contributed by atoms with E-state index in [4.69, 9.17) is 9.97 Å². The summed E-state index contributed by atoms with van der Waals surface area (Å²) in [6.45, 7) is 4.59. The van der Waals surface area contributed by atoms with Crippen molar-refractivity contribution in [3.63, 3.8) is 0 Å². The SMILES string of the molecule is c1ccc(CNc2nc(N3CCNCC3)nc3ccccc23)cc1. The fraction of sp³-hybridized carbons (Fsp3) is 0.263. The van der Waals surface area contributed by atoms with E-state index < -0.39 is 0 Å². The summed E-state index contributed by atoms with van der Waals surface area (Å²) >= 11 is 0. The largest absolute Gasteiger partial charge is 0.365 e. The Hall–Kier alpha value is -2.66. The Labute approximate surface area is 141 Å². The van der Waals surface area contributed by atoms with E-state index in [9.17, 15) is 0 Å². The van der Waals surface area contributed by atoms with Crippen LogP contribution in [0.2, 0.25) is 0 Å². The van der Waals surface area contributed by atoms with E-state index >= 15 is 0 Å². The molecule has 0 saturated carbocycles. The Morgan fingerprint density at radius 3 is 2.50 bits per heavy atom. The molecule has 0 unspecified atom stereocenters. The van der Waals surface area contributed by atoms with E-state index in [2.05, 4.69) is 51.9 Å². The average Bonchev–Trinajstić information content (AvgIpc) is 2.67. The van der Waals surface area contributed by atoms with Crippen molar-refractivity contribution < 1.29 is 0 Å². The van der Waals surface area contributed by atoms with Gasteiger partial charge >= 0.3 is 0 Å². The lowest BCUT2D eigenvalue weighted by atomic mass is 10.2. The number of hydrogen-bond acceptors (Lipinski definition) is 5. The standard InChI is InChI=1S/C19H21N5/c1-2-6-15(7-3-1)14-21-18-16-8-4-5-9-17(16)22-19(23-18)24-12-10-20-11-13-24/h1-9,20H,10-14H2,(H,21,22,23). The lowest BCUT2D eigenvalue weighted by Gasteiger charge is -2.28. The van der Waals surface area contributed by atoms with Gasteiger partial charge in [-0.2, -0.15) is 4.98 Å². The van der Waals surface area contributed by atoms with Gasteiger partial charge in [-0.05, 0) is 17.7 Å². The molecule has 24 heavy (non-hydrogen) atoms. The molecule has 0 bridgehead atoms. The predicted octanol–water partition coefficient (Wildman–Crippen LogP) is 2.65. The quantitative estimate of drug-likeness (QED) is 0.774. The summed E-state index contributed by atoms with van der Waals surface area (Å²) in [6.07, 6.45) is 0. The van der Waals surface area contributed by atoms with Gasteiger partial charge in [0.15, 0.2) is 0 Å². The number of benzene rings is 2. The molecule has 4 rings (SSSR count). The number of nitrogens with zero attached hydrogens (tertiary/aromatic N) is 3. The molecule has 2 heterocycles. The number of rotatable bonds is 4. The summed E-state index contributed by atoms with van der Waals surface area (Å²) in [7, 11) is 0. The van der Waals surface area contributed by atoms with Gasteiger partial charge in [-0.15, -0.1) is 0 Å². The molecule has 0 spiro atoms. The van der Waals surface area contributed by atoms with Crippen molar-refractivity contribution in [2.75, 3.05) is 36.4 Å². The van der Waals surface area contributed by atoms with Crippen molar-refractivity contribution in [1.82, 2.24) is 15.3 Å². The van der Waals surface area contributed by atoms with E-state index in [-0.39, 0.29) is 0 Å². The van der Waals surface area contributed by atoms with Gasteiger partial charge in [-0.1, -0.05) is 42.5 Å². The molecule has 2 aromatic carbocycles. The zero-order valence-corrected chi connectivity index (χ0v) is 13.6. The normalized spacial score (nSPS) is 14.8. The van der Waals surface area contributed by atoms with Crippen molar-refractivity contribution in [2.24, 2.45) is 0 Å². The fourth-order valence-electron chi connectivity index (χ4n) is 2.99. The third-order valence-electron chi connectivity index (χ3n) is 4.29. The first-order chi connectivity index (χ1) is 11.9. The summed E-state index contributed by atoms with van der Waals surface area (Å²) in [5.41, 5.74) is 2.22. The second-order valence-corrected chi connectivity index (χ2v) is 5.97. The van der Waals surface area contributed by atoms with Gasteiger partial charge in [0.1, 0.15) is 5.82 Å². The molecule has 1 aliphatic heterocycles. The van der Waals surface area contributed by atoms with Gasteiger partial charge in [0.25, 0.3) is 0 Å². The summed E-state index contributed by atoms with van der Waals surface area (Å²) in [5, 5.41) is 7.92. The predicted molar refractivity (Wildman–Crippen MR) is 98.4 cm³/mol. The molecular weight excluding hydrogens is 298 g/mol. The molecule has 5 nitrogen and oxygen atoms in total. The van der Waals surface area contributed by atoms with E-state index in [1.54, 1.807) is 0 Å². The Bertz CT molecular complexity index is 812. The molecule has 122 valence electrons. The first-order valence-electron chi connectivity index (χ1n) is 8.40. The molecular formula is C19H21N5. The molecule has 3 aromatic rings. The molecule has 0 radical (unpaired) electrons. The van der Waals surface area contributed by atoms with Crippen molar-refractivity contribution in [3.05, 3.63) is 60.2 Å². The highest BCUT2D eigenvalue weighted by atomic mass is 15.3. The molecule has 2 N–H and O–H groups in total. The van der Waals surface area contributed by atoms with Crippen molar-refractivity contribution in [1.29, 1.82) is 0 Å². The van der Waals surface area contributed by atoms with Crippen LogP contribution >= 0.6 is 0 Å². The summed E-state index contributed by atoms with van der Waals surface area (Å²) < 4.78 is 0. The molecule has 0 aliphatic carbocycles. The zero-order chi connectivity index (χ0) is 16.2. The van der Waals surface area contributed by atoms with Crippen LogP contribution in [-0.2, 0) is 6.54 Å². The van der Waals surface area contributed by atoms with E-state index in [0.29, 0.717) is 0 Å². The van der Waals surface area contributed by atoms with Crippen LogP contribution in [0.5, 0.6) is 0 Å². The number of hydrogen-bond donors (Lipinski definition) is 2. The van der Waals surface area contributed by atoms with Gasteiger partial charge in [-0.3, -0.25) is 0 Å². The van der Waals surface area contributed by atoms with E-state index in [1.807, 2.05) is 18.2 Å². The van der Waals surface area contributed by atoms with Gasteiger partial charge in [0.2, 0.25) is 5.95 Å². The molecule has 5 heteroatoms. The zero-order valence-electron chi connectivity index (χ0n) is 13.6. The topological polar surface area (TPSA) is 53.1 Å². The Balaban J connectivity index is 1.66. The number of fused-ring (bicyclic) bond motifs is 1. The van der Waals surface area contributed by atoms with Crippen LogP contribution in [0.3, 0.4) is 0 Å². The number of nitrogens with one attached hydrogen (secondary N) is 2. The van der Waals surface area contributed by atoms with Gasteiger partial charge < -0.3 is 15.5 Å². The third-order valence-corrected chi connectivity index (χ3v) is 4.29. The summed E-state index contributed by atoms with van der Waals surface area (Å²) in [6, 6.07) is 18.6. The lowest BCUT2D eigenvalue weighted by Crippen LogP contribution is -2.44. The first-order valence-corrected chi connectivity index (χ1v) is 8.40. The van der Waals surface area contributed by atoms with Crippen LogP contribution in [0.25, 0.3) is 10.9 Å². The molecule has 0 amide bonds. The maximum absolute atomic E-state index is 4.82.